The summed E-state index contributed by atoms with van der Waals surface area (Å²) in [5.41, 5.74) is 1.27. The molecule has 1 heterocycles. The van der Waals surface area contributed by atoms with E-state index in [0.29, 0.717) is 5.92 Å². The van der Waals surface area contributed by atoms with Crippen molar-refractivity contribution in [3.8, 4) is 0 Å². The Morgan fingerprint density at radius 3 is 2.67 bits per heavy atom. The Morgan fingerprint density at radius 1 is 1.24 bits per heavy atom. The van der Waals surface area contributed by atoms with E-state index >= 15 is 0 Å². The number of aromatic nitrogens is 1. The van der Waals surface area contributed by atoms with Crippen molar-refractivity contribution in [1.29, 1.82) is 0 Å². The summed E-state index contributed by atoms with van der Waals surface area (Å²) in [6.07, 6.45) is 1.17. The average Bonchev–Trinajstić information content (AvgIpc) is 2.90. The molecule has 0 unspecified atom stereocenters. The minimum atomic E-state index is 0.496. The summed E-state index contributed by atoms with van der Waals surface area (Å²) >= 11 is 3.73. The highest BCUT2D eigenvalue weighted by Crippen LogP contribution is 2.29. The van der Waals surface area contributed by atoms with Crippen molar-refractivity contribution < 1.29 is 0 Å². The van der Waals surface area contributed by atoms with Crippen LogP contribution in [-0.4, -0.2) is 11.5 Å². The summed E-state index contributed by atoms with van der Waals surface area (Å²) in [5, 5.41) is 4.73. The number of hydrogen-bond donors (Lipinski definition) is 1. The van der Waals surface area contributed by atoms with Gasteiger partial charge >= 0.3 is 0 Å². The van der Waals surface area contributed by atoms with Crippen molar-refractivity contribution in [2.24, 2.45) is 0 Å². The molecular formula is C17H24N2S2. The molecule has 2 nitrogen and oxygen atoms in total. The van der Waals surface area contributed by atoms with Gasteiger partial charge in [-0.1, -0.05) is 39.0 Å². The molecule has 114 valence electrons. The van der Waals surface area contributed by atoms with Crippen molar-refractivity contribution in [1.82, 2.24) is 10.3 Å². The quantitative estimate of drug-likeness (QED) is 0.543. The van der Waals surface area contributed by atoms with Crippen LogP contribution in [0.25, 0.3) is 0 Å². The number of thioether (sulfide) groups is 1. The number of benzene rings is 1. The van der Waals surface area contributed by atoms with Gasteiger partial charge in [-0.15, -0.1) is 23.1 Å². The predicted molar refractivity (Wildman–Crippen MR) is 94.2 cm³/mol. The van der Waals surface area contributed by atoms with Gasteiger partial charge in [0.1, 0.15) is 5.01 Å². The topological polar surface area (TPSA) is 24.9 Å². The van der Waals surface area contributed by atoms with Gasteiger partial charge in [0.15, 0.2) is 0 Å². The van der Waals surface area contributed by atoms with E-state index < -0.39 is 0 Å². The first kappa shape index (κ1) is 16.5. The van der Waals surface area contributed by atoms with Gasteiger partial charge in [-0.05, 0) is 31.0 Å². The smallest absolute Gasteiger partial charge is 0.103 e. The van der Waals surface area contributed by atoms with Gasteiger partial charge in [-0.3, -0.25) is 0 Å². The molecule has 0 atom stereocenters. The molecule has 0 aliphatic rings. The zero-order valence-corrected chi connectivity index (χ0v) is 14.7. The van der Waals surface area contributed by atoms with E-state index in [1.165, 1.54) is 26.9 Å². The number of nitrogens with one attached hydrogen (secondary N) is 1. The highest BCUT2D eigenvalue weighted by Gasteiger charge is 2.14. The van der Waals surface area contributed by atoms with Gasteiger partial charge in [0.2, 0.25) is 0 Å². The van der Waals surface area contributed by atoms with E-state index in [4.69, 9.17) is 4.98 Å². The van der Waals surface area contributed by atoms with E-state index in [0.717, 1.165) is 18.8 Å². The minimum Gasteiger partial charge on any atom is -0.312 e. The SMILES string of the molecule is CCCNCc1sc(CSc2ccccc2)nc1C(C)C. The predicted octanol–water partition coefficient (Wildman–Crippen LogP) is 5.06. The summed E-state index contributed by atoms with van der Waals surface area (Å²) in [7, 11) is 0. The first-order chi connectivity index (χ1) is 10.2. The lowest BCUT2D eigenvalue weighted by Crippen LogP contribution is -2.14. The third-order valence-corrected chi connectivity index (χ3v) is 5.41. The number of rotatable bonds is 8. The minimum absolute atomic E-state index is 0.496. The number of hydrogen-bond acceptors (Lipinski definition) is 4. The molecule has 1 N–H and O–H groups in total. The summed E-state index contributed by atoms with van der Waals surface area (Å²) in [6, 6.07) is 10.5. The molecule has 1 aromatic carbocycles. The van der Waals surface area contributed by atoms with Gasteiger partial charge in [-0.25, -0.2) is 4.98 Å². The molecule has 0 saturated heterocycles. The second kappa shape index (κ2) is 8.57. The van der Waals surface area contributed by atoms with Crippen molar-refractivity contribution in [2.75, 3.05) is 6.54 Å². The van der Waals surface area contributed by atoms with Crippen LogP contribution in [0, 0.1) is 0 Å². The molecule has 0 bridgehead atoms. The molecule has 1 aromatic heterocycles. The summed E-state index contributed by atoms with van der Waals surface area (Å²) < 4.78 is 0. The number of nitrogens with zero attached hydrogens (tertiary/aromatic N) is 1. The zero-order chi connectivity index (χ0) is 15.1. The summed E-state index contributed by atoms with van der Waals surface area (Å²) in [4.78, 5) is 7.58. The van der Waals surface area contributed by atoms with Crippen LogP contribution in [0.5, 0.6) is 0 Å². The lowest BCUT2D eigenvalue weighted by atomic mass is 10.1. The maximum atomic E-state index is 4.86. The van der Waals surface area contributed by atoms with Crippen LogP contribution in [0.15, 0.2) is 35.2 Å². The van der Waals surface area contributed by atoms with Crippen LogP contribution in [0.1, 0.15) is 48.7 Å². The summed E-state index contributed by atoms with van der Waals surface area (Å²) in [5.74, 6) is 1.46. The van der Waals surface area contributed by atoms with Crippen LogP contribution in [0.4, 0.5) is 0 Å². The second-order valence-corrected chi connectivity index (χ2v) is 7.57. The molecule has 0 amide bonds. The second-order valence-electron chi connectivity index (χ2n) is 5.35. The Kier molecular flexibility index (Phi) is 6.74. The van der Waals surface area contributed by atoms with Crippen LogP contribution in [0.3, 0.4) is 0 Å². The van der Waals surface area contributed by atoms with Crippen LogP contribution in [0.2, 0.25) is 0 Å². The normalized spacial score (nSPS) is 11.2. The molecule has 4 heteroatoms. The Hall–Kier alpha value is -0.840. The highest BCUT2D eigenvalue weighted by molar-refractivity contribution is 7.98. The Bertz CT molecular complexity index is 535. The van der Waals surface area contributed by atoms with Crippen molar-refractivity contribution in [3.05, 3.63) is 45.9 Å². The van der Waals surface area contributed by atoms with Gasteiger partial charge < -0.3 is 5.32 Å². The summed E-state index contributed by atoms with van der Waals surface area (Å²) in [6.45, 7) is 8.68. The van der Waals surface area contributed by atoms with E-state index in [1.54, 1.807) is 0 Å². The molecule has 0 spiro atoms. The molecule has 2 aromatic rings. The molecule has 0 fully saturated rings. The van der Waals surface area contributed by atoms with Crippen molar-refractivity contribution in [2.45, 2.75) is 50.3 Å². The monoisotopic (exact) mass is 320 g/mol. The Morgan fingerprint density at radius 2 is 2.00 bits per heavy atom. The fourth-order valence-electron chi connectivity index (χ4n) is 2.09. The maximum absolute atomic E-state index is 4.86. The first-order valence-electron chi connectivity index (χ1n) is 7.57. The standard InChI is InChI=1S/C17H24N2S2/c1-4-10-18-11-15-17(13(2)3)19-16(21-15)12-20-14-8-6-5-7-9-14/h5-9,13,18H,4,10-12H2,1-3H3. The number of thiazole rings is 1. The molecule has 0 aliphatic heterocycles. The molecule has 2 rings (SSSR count). The lowest BCUT2D eigenvalue weighted by molar-refractivity contribution is 0.670. The fourth-order valence-corrected chi connectivity index (χ4v) is 4.20. The molecule has 0 radical (unpaired) electrons. The molecule has 0 aliphatic carbocycles. The van der Waals surface area contributed by atoms with Crippen molar-refractivity contribution >= 4 is 23.1 Å². The zero-order valence-electron chi connectivity index (χ0n) is 13.1. The van der Waals surface area contributed by atoms with E-state index in [2.05, 4.69) is 56.4 Å². The van der Waals surface area contributed by atoms with Gasteiger partial charge in [0, 0.05) is 16.3 Å². The molecular weight excluding hydrogens is 296 g/mol. The Balaban J connectivity index is 2.01. The Labute approximate surface area is 136 Å². The van der Waals surface area contributed by atoms with Gasteiger partial charge in [0.05, 0.1) is 11.4 Å². The third-order valence-electron chi connectivity index (χ3n) is 3.14. The van der Waals surface area contributed by atoms with Crippen molar-refractivity contribution in [3.63, 3.8) is 0 Å². The van der Waals surface area contributed by atoms with Gasteiger partial charge in [0.25, 0.3) is 0 Å². The van der Waals surface area contributed by atoms with E-state index in [-0.39, 0.29) is 0 Å². The van der Waals surface area contributed by atoms with E-state index in [9.17, 15) is 0 Å². The largest absolute Gasteiger partial charge is 0.312 e. The maximum Gasteiger partial charge on any atom is 0.103 e. The fraction of sp³-hybridized carbons (Fsp3) is 0.471. The van der Waals surface area contributed by atoms with Gasteiger partial charge in [-0.2, -0.15) is 0 Å². The van der Waals surface area contributed by atoms with Crippen LogP contribution in [-0.2, 0) is 12.3 Å². The van der Waals surface area contributed by atoms with Crippen LogP contribution < -0.4 is 5.32 Å². The average molecular weight is 321 g/mol. The van der Waals surface area contributed by atoms with Crippen LogP contribution >= 0.6 is 23.1 Å². The lowest BCUT2D eigenvalue weighted by Gasteiger charge is -2.05. The molecule has 0 saturated carbocycles. The van der Waals surface area contributed by atoms with E-state index in [1.807, 2.05) is 23.1 Å². The third kappa shape index (κ3) is 5.13. The highest BCUT2D eigenvalue weighted by atomic mass is 32.2. The molecule has 21 heavy (non-hydrogen) atoms. The first-order valence-corrected chi connectivity index (χ1v) is 9.38.